The van der Waals surface area contributed by atoms with Crippen LogP contribution in [0.25, 0.3) is 49.7 Å². The molecular weight excluding hydrogens is 715 g/mol. The predicted molar refractivity (Wildman–Crippen MR) is 250 cm³/mol. The first-order valence-electron chi connectivity index (χ1n) is 20.3. The van der Waals surface area contributed by atoms with Gasteiger partial charge >= 0.3 is 0 Å². The minimum atomic E-state index is 1.07. The first-order chi connectivity index (χ1) is 29.1. The van der Waals surface area contributed by atoms with E-state index in [-0.39, 0.29) is 0 Å². The molecule has 0 atom stereocenters. The second kappa shape index (κ2) is 15.4. The zero-order valence-electron chi connectivity index (χ0n) is 33.2. The summed E-state index contributed by atoms with van der Waals surface area (Å²) in [5.74, 6) is 0. The maximum atomic E-state index is 2.40. The topological polar surface area (TPSA) is 11.4 Å². The van der Waals surface area contributed by atoms with Crippen molar-refractivity contribution in [1.82, 2.24) is 4.57 Å². The monoisotopic (exact) mass is 757 g/mol. The molecule has 0 aliphatic heterocycles. The molecule has 0 bridgehead atoms. The van der Waals surface area contributed by atoms with E-state index in [1.54, 1.807) is 0 Å². The summed E-state index contributed by atoms with van der Waals surface area (Å²) in [6.07, 6.45) is 0. The van der Waals surface area contributed by atoms with Crippen molar-refractivity contribution in [1.29, 1.82) is 0 Å². The average Bonchev–Trinajstić information content (AvgIpc) is 3.63. The van der Waals surface area contributed by atoms with Crippen molar-refractivity contribution in [2.45, 2.75) is 13.8 Å². The van der Waals surface area contributed by atoms with E-state index in [4.69, 9.17) is 0 Å². The minimum Gasteiger partial charge on any atom is -0.310 e. The van der Waals surface area contributed by atoms with Gasteiger partial charge in [0.05, 0.1) is 11.0 Å². The lowest BCUT2D eigenvalue weighted by atomic mass is 9.99. The lowest BCUT2D eigenvalue weighted by Crippen LogP contribution is -2.13. The van der Waals surface area contributed by atoms with E-state index in [0.717, 1.165) is 50.9 Å². The summed E-state index contributed by atoms with van der Waals surface area (Å²) in [4.78, 5) is 4.74. The van der Waals surface area contributed by atoms with Crippen LogP contribution in [-0.4, -0.2) is 4.57 Å². The lowest BCUT2D eigenvalue weighted by Gasteiger charge is -2.30. The Morgan fingerprint density at radius 3 is 1.29 bits per heavy atom. The Balaban J connectivity index is 1.18. The SMILES string of the molecule is Cc1ccc(N(c2ccccc2)c2cc(-c3ccc4c(c3)c3ccccc3n4-c3ccc(-c4ccccc4)cc3)cc(N(c3ccccc3)c3ccc(C)cc3)c2)cc1. The number of hydrogen-bond acceptors (Lipinski definition) is 2. The van der Waals surface area contributed by atoms with Gasteiger partial charge in [-0.25, -0.2) is 0 Å². The molecule has 9 aromatic carbocycles. The lowest BCUT2D eigenvalue weighted by molar-refractivity contribution is 1.18. The number of aromatic nitrogens is 1. The molecule has 0 saturated carbocycles. The van der Waals surface area contributed by atoms with E-state index >= 15 is 0 Å². The average molecular weight is 758 g/mol. The molecule has 0 spiro atoms. The smallest absolute Gasteiger partial charge is 0.0541 e. The van der Waals surface area contributed by atoms with Gasteiger partial charge < -0.3 is 14.4 Å². The molecule has 0 unspecified atom stereocenters. The Morgan fingerprint density at radius 2 is 0.729 bits per heavy atom. The van der Waals surface area contributed by atoms with Crippen molar-refractivity contribution in [3.63, 3.8) is 0 Å². The number of aryl methyl sites for hydroxylation is 2. The van der Waals surface area contributed by atoms with E-state index in [9.17, 15) is 0 Å². The molecule has 1 heterocycles. The van der Waals surface area contributed by atoms with E-state index in [1.807, 2.05) is 0 Å². The molecule has 3 nitrogen and oxygen atoms in total. The highest BCUT2D eigenvalue weighted by Gasteiger charge is 2.20. The van der Waals surface area contributed by atoms with Crippen LogP contribution in [0.3, 0.4) is 0 Å². The van der Waals surface area contributed by atoms with Gasteiger partial charge in [-0.15, -0.1) is 0 Å². The molecule has 10 rings (SSSR count). The number of fused-ring (bicyclic) bond motifs is 3. The number of benzene rings is 9. The molecular formula is C56H43N3. The Morgan fingerprint density at radius 1 is 0.288 bits per heavy atom. The fraction of sp³-hybridized carbons (Fsp3) is 0.0357. The number of anilines is 6. The third-order valence-electron chi connectivity index (χ3n) is 11.3. The van der Waals surface area contributed by atoms with Crippen molar-refractivity contribution in [3.8, 4) is 27.9 Å². The third kappa shape index (κ3) is 6.94. The van der Waals surface area contributed by atoms with E-state index in [2.05, 4.69) is 253 Å². The van der Waals surface area contributed by atoms with E-state index in [1.165, 1.54) is 44.1 Å². The number of para-hydroxylation sites is 3. The van der Waals surface area contributed by atoms with Gasteiger partial charge in [0.2, 0.25) is 0 Å². The molecule has 3 heteroatoms. The fourth-order valence-corrected chi connectivity index (χ4v) is 8.32. The van der Waals surface area contributed by atoms with Crippen LogP contribution in [-0.2, 0) is 0 Å². The fourth-order valence-electron chi connectivity index (χ4n) is 8.32. The summed E-state index contributed by atoms with van der Waals surface area (Å²) in [6.45, 7) is 4.28. The van der Waals surface area contributed by atoms with Gasteiger partial charge in [0.15, 0.2) is 0 Å². The second-order valence-electron chi connectivity index (χ2n) is 15.2. The molecule has 59 heavy (non-hydrogen) atoms. The molecule has 0 amide bonds. The minimum absolute atomic E-state index is 1.07. The van der Waals surface area contributed by atoms with Crippen LogP contribution < -0.4 is 9.80 Å². The van der Waals surface area contributed by atoms with Gasteiger partial charge in [-0.3, -0.25) is 0 Å². The highest BCUT2D eigenvalue weighted by Crippen LogP contribution is 2.44. The maximum Gasteiger partial charge on any atom is 0.0541 e. The molecule has 0 N–H and O–H groups in total. The van der Waals surface area contributed by atoms with Crippen LogP contribution >= 0.6 is 0 Å². The normalized spacial score (nSPS) is 11.2. The van der Waals surface area contributed by atoms with Crippen molar-refractivity contribution in [2.75, 3.05) is 9.80 Å². The van der Waals surface area contributed by atoms with Crippen LogP contribution in [0.15, 0.2) is 224 Å². The molecule has 1 aromatic heterocycles. The molecule has 0 aliphatic carbocycles. The van der Waals surface area contributed by atoms with Crippen molar-refractivity contribution >= 4 is 55.9 Å². The molecule has 0 saturated heterocycles. The number of nitrogens with zero attached hydrogens (tertiary/aromatic N) is 3. The van der Waals surface area contributed by atoms with Gasteiger partial charge in [0.25, 0.3) is 0 Å². The Kier molecular flexibility index (Phi) is 9.32. The first-order valence-corrected chi connectivity index (χ1v) is 20.3. The highest BCUT2D eigenvalue weighted by atomic mass is 15.2. The zero-order valence-corrected chi connectivity index (χ0v) is 33.2. The Bertz CT molecular complexity index is 2920. The van der Waals surface area contributed by atoms with Gasteiger partial charge in [0, 0.05) is 50.6 Å². The molecule has 282 valence electrons. The quantitative estimate of drug-likeness (QED) is 0.145. The molecule has 10 aromatic rings. The molecule has 0 fully saturated rings. The van der Waals surface area contributed by atoms with Crippen LogP contribution in [0.5, 0.6) is 0 Å². The van der Waals surface area contributed by atoms with Crippen LogP contribution in [0.2, 0.25) is 0 Å². The predicted octanol–water partition coefficient (Wildman–Crippen LogP) is 15.7. The van der Waals surface area contributed by atoms with Crippen LogP contribution in [0.4, 0.5) is 34.1 Å². The van der Waals surface area contributed by atoms with Gasteiger partial charge in [-0.05, 0) is 133 Å². The van der Waals surface area contributed by atoms with Gasteiger partial charge in [-0.1, -0.05) is 139 Å². The number of hydrogen-bond donors (Lipinski definition) is 0. The Hall–Kier alpha value is -7.62. The third-order valence-corrected chi connectivity index (χ3v) is 11.3. The summed E-state index contributed by atoms with van der Waals surface area (Å²) in [6, 6.07) is 81.3. The van der Waals surface area contributed by atoms with Gasteiger partial charge in [0.1, 0.15) is 0 Å². The summed E-state index contributed by atoms with van der Waals surface area (Å²) in [5.41, 5.74) is 17.2. The van der Waals surface area contributed by atoms with Crippen LogP contribution in [0.1, 0.15) is 11.1 Å². The summed E-state index contributed by atoms with van der Waals surface area (Å²) in [7, 11) is 0. The van der Waals surface area contributed by atoms with Crippen LogP contribution in [0, 0.1) is 13.8 Å². The standard InChI is InChI=1S/C56H43N3/c1-40-22-29-48(30-23-40)57(46-16-8-4-9-17-46)51-36-45(37-52(39-51)58(47-18-10-5-11-19-47)49-31-24-41(2)25-32-49)44-28-35-56-54(38-44)53-20-12-13-21-55(53)59(56)50-33-26-43(27-34-50)42-14-6-3-7-15-42/h3-39H,1-2H3. The Labute approximate surface area is 346 Å². The zero-order chi connectivity index (χ0) is 39.7. The molecule has 0 aliphatic rings. The maximum absolute atomic E-state index is 2.40. The first kappa shape index (κ1) is 35.8. The molecule has 0 radical (unpaired) electrons. The summed E-state index contributed by atoms with van der Waals surface area (Å²) in [5, 5.41) is 2.44. The highest BCUT2D eigenvalue weighted by molar-refractivity contribution is 6.10. The van der Waals surface area contributed by atoms with Gasteiger partial charge in [-0.2, -0.15) is 0 Å². The summed E-state index contributed by atoms with van der Waals surface area (Å²) >= 11 is 0. The summed E-state index contributed by atoms with van der Waals surface area (Å²) < 4.78 is 2.40. The van der Waals surface area contributed by atoms with Crippen molar-refractivity contribution in [2.24, 2.45) is 0 Å². The van der Waals surface area contributed by atoms with Crippen molar-refractivity contribution < 1.29 is 0 Å². The second-order valence-corrected chi connectivity index (χ2v) is 15.2. The van der Waals surface area contributed by atoms with E-state index < -0.39 is 0 Å². The largest absolute Gasteiger partial charge is 0.310 e. The van der Waals surface area contributed by atoms with Crippen molar-refractivity contribution in [3.05, 3.63) is 236 Å². The van der Waals surface area contributed by atoms with E-state index in [0.29, 0.717) is 0 Å². The number of rotatable bonds is 9.